The fraction of sp³-hybridized carbons (Fsp3) is 0.286. The van der Waals surface area contributed by atoms with Crippen molar-refractivity contribution in [2.45, 2.75) is 50.7 Å². The van der Waals surface area contributed by atoms with Gasteiger partial charge in [-0.15, -0.1) is 0 Å². The van der Waals surface area contributed by atoms with Crippen LogP contribution in [0.4, 0.5) is 5.69 Å². The van der Waals surface area contributed by atoms with Gasteiger partial charge in [0.2, 0.25) is 11.8 Å². The maximum absolute atomic E-state index is 13.9. The van der Waals surface area contributed by atoms with Crippen LogP contribution in [0.5, 0.6) is 0 Å². The van der Waals surface area contributed by atoms with Gasteiger partial charge in [0.15, 0.2) is 0 Å². The predicted molar refractivity (Wildman–Crippen MR) is 152 cm³/mol. The van der Waals surface area contributed by atoms with Gasteiger partial charge in [-0.2, -0.15) is 0 Å². The Morgan fingerprint density at radius 2 is 1.55 bits per heavy atom. The van der Waals surface area contributed by atoms with E-state index in [9.17, 15) is 18.0 Å². The summed E-state index contributed by atoms with van der Waals surface area (Å²) < 4.78 is 28.4. The minimum Gasteiger partial charge on any atom is -0.350 e. The van der Waals surface area contributed by atoms with Gasteiger partial charge >= 0.3 is 0 Å². The highest BCUT2D eigenvalue weighted by Crippen LogP contribution is 2.27. The van der Waals surface area contributed by atoms with Gasteiger partial charge in [-0.3, -0.25) is 13.9 Å². The van der Waals surface area contributed by atoms with Gasteiger partial charge in [-0.25, -0.2) is 8.42 Å². The first-order valence-electron chi connectivity index (χ1n) is 12.0. The largest absolute Gasteiger partial charge is 0.350 e. The van der Waals surface area contributed by atoms with Crippen LogP contribution < -0.4 is 9.62 Å². The number of halogens is 2. The first-order valence-corrected chi connectivity index (χ1v) is 14.2. The molecule has 0 fully saturated rings. The minimum absolute atomic E-state index is 0.00596. The summed E-state index contributed by atoms with van der Waals surface area (Å²) >= 11 is 12.6. The summed E-state index contributed by atoms with van der Waals surface area (Å²) in [7, 11) is -4.15. The molecule has 0 aliphatic carbocycles. The normalized spacial score (nSPS) is 12.5. The van der Waals surface area contributed by atoms with Crippen molar-refractivity contribution in [2.24, 2.45) is 0 Å². The zero-order chi connectivity index (χ0) is 28.1. The van der Waals surface area contributed by atoms with E-state index in [-0.39, 0.29) is 23.0 Å². The zero-order valence-electron chi connectivity index (χ0n) is 21.7. The monoisotopic (exact) mass is 575 g/mol. The number of nitrogens with zero attached hydrogens (tertiary/aromatic N) is 2. The van der Waals surface area contributed by atoms with Gasteiger partial charge in [-0.1, -0.05) is 65.7 Å². The van der Waals surface area contributed by atoms with Crippen LogP contribution in [-0.2, 0) is 26.2 Å². The Bertz CT molecular complexity index is 1390. The highest BCUT2D eigenvalue weighted by Gasteiger charge is 2.33. The van der Waals surface area contributed by atoms with Crippen LogP contribution in [0.1, 0.15) is 33.3 Å². The molecule has 1 N–H and O–H groups in total. The molecule has 3 rings (SSSR count). The fourth-order valence-corrected chi connectivity index (χ4v) is 5.55. The average molecular weight is 577 g/mol. The van der Waals surface area contributed by atoms with Crippen molar-refractivity contribution in [3.8, 4) is 0 Å². The third-order valence-electron chi connectivity index (χ3n) is 5.67. The lowest BCUT2D eigenvalue weighted by Crippen LogP contribution is -2.54. The second-order valence-corrected chi connectivity index (χ2v) is 12.5. The summed E-state index contributed by atoms with van der Waals surface area (Å²) in [6.07, 6.45) is 0. The fourth-order valence-electron chi connectivity index (χ4n) is 3.75. The van der Waals surface area contributed by atoms with Crippen molar-refractivity contribution in [1.82, 2.24) is 10.2 Å². The van der Waals surface area contributed by atoms with Crippen molar-refractivity contribution >= 4 is 50.7 Å². The number of nitrogens with one attached hydrogen (secondary N) is 1. The van der Waals surface area contributed by atoms with Crippen molar-refractivity contribution in [1.29, 1.82) is 0 Å². The highest BCUT2D eigenvalue weighted by molar-refractivity contribution is 7.92. The highest BCUT2D eigenvalue weighted by atomic mass is 35.5. The molecule has 0 saturated carbocycles. The molecule has 0 aromatic heterocycles. The van der Waals surface area contributed by atoms with Crippen LogP contribution in [-0.4, -0.2) is 43.3 Å². The number of amides is 2. The van der Waals surface area contributed by atoms with Gasteiger partial charge in [-0.05, 0) is 69.7 Å². The van der Waals surface area contributed by atoms with Crippen molar-refractivity contribution in [2.75, 3.05) is 10.8 Å². The number of hydrogen-bond donors (Lipinski definition) is 1. The van der Waals surface area contributed by atoms with Crippen LogP contribution in [0.25, 0.3) is 0 Å². The quantitative estimate of drug-likeness (QED) is 0.364. The molecule has 0 aliphatic rings. The number of carbonyl (C=O) groups excluding carboxylic acids is 2. The number of rotatable bonds is 9. The molecule has 0 unspecified atom stereocenters. The van der Waals surface area contributed by atoms with E-state index >= 15 is 0 Å². The topological polar surface area (TPSA) is 86.8 Å². The molecule has 38 heavy (non-hydrogen) atoms. The van der Waals surface area contributed by atoms with E-state index in [1.165, 1.54) is 23.1 Å². The molecule has 1 atom stereocenters. The molecule has 0 aliphatic heterocycles. The van der Waals surface area contributed by atoms with E-state index in [1.807, 2.05) is 20.8 Å². The molecule has 3 aromatic carbocycles. The lowest BCUT2D eigenvalue weighted by molar-refractivity contribution is -0.140. The number of benzene rings is 3. The lowest BCUT2D eigenvalue weighted by atomic mass is 10.1. The summed E-state index contributed by atoms with van der Waals surface area (Å²) in [5, 5.41) is 3.63. The van der Waals surface area contributed by atoms with Gasteiger partial charge < -0.3 is 10.2 Å². The second-order valence-electron chi connectivity index (χ2n) is 9.83. The van der Waals surface area contributed by atoms with E-state index < -0.39 is 34.1 Å². The molecule has 0 heterocycles. The number of sulfonamides is 1. The van der Waals surface area contributed by atoms with Gasteiger partial charge in [0.05, 0.1) is 10.6 Å². The number of hydrogen-bond acceptors (Lipinski definition) is 4. The van der Waals surface area contributed by atoms with Gasteiger partial charge in [0, 0.05) is 22.1 Å². The lowest BCUT2D eigenvalue weighted by Gasteiger charge is -2.33. The second kappa shape index (κ2) is 12.2. The molecule has 0 radical (unpaired) electrons. The van der Waals surface area contributed by atoms with Crippen molar-refractivity contribution < 1.29 is 18.0 Å². The zero-order valence-corrected chi connectivity index (χ0v) is 24.0. The van der Waals surface area contributed by atoms with E-state index in [0.717, 1.165) is 4.31 Å². The molecule has 0 spiro atoms. The molecule has 7 nitrogen and oxygen atoms in total. The van der Waals surface area contributed by atoms with Crippen LogP contribution in [0, 0.1) is 0 Å². The maximum Gasteiger partial charge on any atom is 0.264 e. The number of carbonyl (C=O) groups is 2. The predicted octanol–water partition coefficient (Wildman–Crippen LogP) is 5.52. The van der Waals surface area contributed by atoms with E-state index in [4.69, 9.17) is 23.2 Å². The van der Waals surface area contributed by atoms with Crippen molar-refractivity contribution in [3.63, 3.8) is 0 Å². The van der Waals surface area contributed by atoms with Crippen LogP contribution >= 0.6 is 23.2 Å². The summed E-state index contributed by atoms with van der Waals surface area (Å²) in [6.45, 7) is 6.56. The van der Waals surface area contributed by atoms with E-state index in [1.54, 1.807) is 67.6 Å². The summed E-state index contributed by atoms with van der Waals surface area (Å²) in [5.74, 6) is -0.959. The summed E-state index contributed by atoms with van der Waals surface area (Å²) in [6, 6.07) is 20.2. The molecule has 3 aromatic rings. The number of anilines is 1. The molecule has 10 heteroatoms. The Balaban J connectivity index is 2.04. The molecule has 0 bridgehead atoms. The molecule has 202 valence electrons. The molecule has 2 amide bonds. The van der Waals surface area contributed by atoms with Crippen LogP contribution in [0.3, 0.4) is 0 Å². The SMILES string of the molecule is C[C@@H](C(=O)NC(C)(C)C)N(Cc1ccccc1Cl)C(=O)CN(c1cccc(Cl)c1)S(=O)(=O)c1ccccc1. The first-order chi connectivity index (χ1) is 17.8. The van der Waals surface area contributed by atoms with Gasteiger partial charge in [0.25, 0.3) is 10.0 Å². The summed E-state index contributed by atoms with van der Waals surface area (Å²) in [5.41, 5.74) is 0.311. The Labute approximate surface area is 234 Å². The molecular formula is C28H31Cl2N3O4S. The minimum atomic E-state index is -4.15. The Morgan fingerprint density at radius 3 is 2.16 bits per heavy atom. The standard InChI is InChI=1S/C28H31Cl2N3O4S/c1-20(27(35)31-28(2,3)4)32(18-21-11-8-9-16-25(21)30)26(34)19-33(23-13-10-12-22(29)17-23)38(36,37)24-14-6-5-7-15-24/h5-17,20H,18-19H2,1-4H3,(H,31,35)/t20-/m0/s1. The smallest absolute Gasteiger partial charge is 0.264 e. The Kier molecular flexibility index (Phi) is 9.46. The first kappa shape index (κ1) is 29.5. The van der Waals surface area contributed by atoms with Crippen LogP contribution in [0.2, 0.25) is 10.0 Å². The summed E-state index contributed by atoms with van der Waals surface area (Å²) in [4.78, 5) is 28.3. The third kappa shape index (κ3) is 7.49. The van der Waals surface area contributed by atoms with Gasteiger partial charge in [0.1, 0.15) is 12.6 Å². The van der Waals surface area contributed by atoms with E-state index in [2.05, 4.69) is 5.32 Å². The average Bonchev–Trinajstić information content (AvgIpc) is 2.85. The Hall–Kier alpha value is -3.07. The third-order valence-corrected chi connectivity index (χ3v) is 8.06. The van der Waals surface area contributed by atoms with Crippen molar-refractivity contribution in [3.05, 3.63) is 94.5 Å². The molecular weight excluding hydrogens is 545 g/mol. The maximum atomic E-state index is 13.9. The van der Waals surface area contributed by atoms with E-state index in [0.29, 0.717) is 15.6 Å². The van der Waals surface area contributed by atoms with Crippen LogP contribution in [0.15, 0.2) is 83.8 Å². The Morgan fingerprint density at radius 1 is 0.921 bits per heavy atom. The molecule has 0 saturated heterocycles.